The van der Waals surface area contributed by atoms with Crippen LogP contribution >= 0.6 is 11.6 Å². The standard InChI is InChI=1S/C23H27ClN8O/c1-30(2)8-5-9-32(4)22(33)19-11-15-10-16(12-17(24)21(15)28-19)27-23-25-7-6-18(29-23)20-13-31(3)14-26-20/h6-7,10-14,28H,5,8-9H2,1-4H3,(H,25,27,29). The number of anilines is 2. The Kier molecular flexibility index (Phi) is 6.62. The van der Waals surface area contributed by atoms with Crippen LogP contribution in [0.5, 0.6) is 0 Å². The molecule has 0 unspecified atom stereocenters. The average Bonchev–Trinajstić information content (AvgIpc) is 3.40. The van der Waals surface area contributed by atoms with E-state index in [9.17, 15) is 4.79 Å². The number of nitrogens with one attached hydrogen (secondary N) is 2. The number of fused-ring (bicyclic) bond motifs is 1. The van der Waals surface area contributed by atoms with Crippen molar-refractivity contribution >= 4 is 40.0 Å². The third kappa shape index (κ3) is 5.32. The molecule has 10 heteroatoms. The summed E-state index contributed by atoms with van der Waals surface area (Å²) in [6.45, 7) is 1.60. The Hall–Kier alpha value is -3.43. The summed E-state index contributed by atoms with van der Waals surface area (Å²) in [7, 11) is 7.76. The van der Waals surface area contributed by atoms with Gasteiger partial charge in [-0.25, -0.2) is 15.0 Å². The number of aromatic amines is 1. The fourth-order valence-electron chi connectivity index (χ4n) is 3.55. The number of H-pyrrole nitrogens is 1. The topological polar surface area (TPSA) is 95.0 Å². The zero-order valence-corrected chi connectivity index (χ0v) is 19.9. The first kappa shape index (κ1) is 22.8. The first-order chi connectivity index (χ1) is 15.8. The molecular weight excluding hydrogens is 440 g/mol. The van der Waals surface area contributed by atoms with Crippen LogP contribution in [-0.2, 0) is 7.05 Å². The first-order valence-electron chi connectivity index (χ1n) is 10.6. The van der Waals surface area contributed by atoms with Crippen LogP contribution in [-0.4, -0.2) is 74.4 Å². The molecule has 0 fully saturated rings. The highest BCUT2D eigenvalue weighted by molar-refractivity contribution is 6.35. The van der Waals surface area contributed by atoms with Crippen molar-refractivity contribution in [3.8, 4) is 11.4 Å². The normalized spacial score (nSPS) is 11.3. The highest BCUT2D eigenvalue weighted by Gasteiger charge is 2.16. The molecule has 0 saturated heterocycles. The van der Waals surface area contributed by atoms with Gasteiger partial charge in [-0.05, 0) is 51.3 Å². The maximum Gasteiger partial charge on any atom is 0.270 e. The number of amides is 1. The van der Waals surface area contributed by atoms with E-state index in [1.165, 1.54) is 0 Å². The molecule has 0 aliphatic rings. The second-order valence-electron chi connectivity index (χ2n) is 8.30. The van der Waals surface area contributed by atoms with Crippen LogP contribution < -0.4 is 5.32 Å². The third-order valence-corrected chi connectivity index (χ3v) is 5.53. The van der Waals surface area contributed by atoms with E-state index in [4.69, 9.17) is 11.6 Å². The number of aryl methyl sites for hydroxylation is 1. The molecule has 1 aromatic carbocycles. The lowest BCUT2D eigenvalue weighted by Gasteiger charge is -2.17. The van der Waals surface area contributed by atoms with Gasteiger partial charge in [-0.15, -0.1) is 0 Å². The lowest BCUT2D eigenvalue weighted by molar-refractivity contribution is 0.0786. The lowest BCUT2D eigenvalue weighted by Crippen LogP contribution is -2.29. The second kappa shape index (κ2) is 9.60. The monoisotopic (exact) mass is 466 g/mol. The van der Waals surface area contributed by atoms with Gasteiger partial charge in [-0.3, -0.25) is 4.79 Å². The Balaban J connectivity index is 1.53. The number of imidazole rings is 1. The number of hydrogen-bond acceptors (Lipinski definition) is 6. The quantitative estimate of drug-likeness (QED) is 0.410. The van der Waals surface area contributed by atoms with E-state index in [-0.39, 0.29) is 5.91 Å². The number of carbonyl (C=O) groups excluding carboxylic acids is 1. The minimum Gasteiger partial charge on any atom is -0.349 e. The Bertz CT molecular complexity index is 1280. The van der Waals surface area contributed by atoms with Crippen LogP contribution in [0.2, 0.25) is 5.02 Å². The van der Waals surface area contributed by atoms with Gasteiger partial charge in [0.2, 0.25) is 5.95 Å². The highest BCUT2D eigenvalue weighted by Crippen LogP contribution is 2.30. The van der Waals surface area contributed by atoms with Crippen molar-refractivity contribution in [1.82, 2.24) is 34.3 Å². The summed E-state index contributed by atoms with van der Waals surface area (Å²) in [5.41, 5.74) is 3.43. The fourth-order valence-corrected chi connectivity index (χ4v) is 3.83. The van der Waals surface area contributed by atoms with Gasteiger partial charge in [0, 0.05) is 44.1 Å². The molecule has 0 spiro atoms. The Morgan fingerprint density at radius 2 is 1.97 bits per heavy atom. The molecule has 0 atom stereocenters. The molecule has 0 bridgehead atoms. The molecule has 9 nitrogen and oxygen atoms in total. The van der Waals surface area contributed by atoms with Crippen LogP contribution in [0.1, 0.15) is 16.9 Å². The Labute approximate surface area is 197 Å². The van der Waals surface area contributed by atoms with Crippen molar-refractivity contribution in [3.05, 3.63) is 53.7 Å². The summed E-state index contributed by atoms with van der Waals surface area (Å²) in [5.74, 6) is 0.364. The smallest absolute Gasteiger partial charge is 0.270 e. The largest absolute Gasteiger partial charge is 0.349 e. The van der Waals surface area contributed by atoms with Crippen molar-refractivity contribution in [2.45, 2.75) is 6.42 Å². The number of carbonyl (C=O) groups is 1. The van der Waals surface area contributed by atoms with Gasteiger partial charge in [-0.2, -0.15) is 0 Å². The molecule has 0 radical (unpaired) electrons. The van der Waals surface area contributed by atoms with E-state index < -0.39 is 0 Å². The predicted octanol–water partition coefficient (Wildman–Crippen LogP) is 3.78. The lowest BCUT2D eigenvalue weighted by atomic mass is 10.2. The molecule has 0 saturated carbocycles. The molecule has 4 aromatic rings. The summed E-state index contributed by atoms with van der Waals surface area (Å²) in [6, 6.07) is 7.33. The molecule has 3 heterocycles. The Morgan fingerprint density at radius 1 is 1.15 bits per heavy atom. The van der Waals surface area contributed by atoms with Crippen LogP contribution in [0, 0.1) is 0 Å². The molecule has 0 aliphatic carbocycles. The number of hydrogen-bond donors (Lipinski definition) is 2. The number of aromatic nitrogens is 5. The third-order valence-electron chi connectivity index (χ3n) is 5.24. The zero-order chi connectivity index (χ0) is 23.5. The van der Waals surface area contributed by atoms with Crippen LogP contribution in [0.15, 0.2) is 43.0 Å². The van der Waals surface area contributed by atoms with Gasteiger partial charge in [0.15, 0.2) is 0 Å². The van der Waals surface area contributed by atoms with Gasteiger partial charge >= 0.3 is 0 Å². The Morgan fingerprint density at radius 3 is 2.70 bits per heavy atom. The average molecular weight is 467 g/mol. The van der Waals surface area contributed by atoms with Gasteiger partial charge in [0.1, 0.15) is 11.4 Å². The molecule has 2 N–H and O–H groups in total. The van der Waals surface area contributed by atoms with Crippen molar-refractivity contribution in [3.63, 3.8) is 0 Å². The summed E-state index contributed by atoms with van der Waals surface area (Å²) < 4.78 is 1.86. The van der Waals surface area contributed by atoms with E-state index in [1.54, 1.807) is 23.5 Å². The van der Waals surface area contributed by atoms with Crippen LogP contribution in [0.4, 0.5) is 11.6 Å². The summed E-state index contributed by atoms with van der Waals surface area (Å²) in [6.07, 6.45) is 6.20. The maximum absolute atomic E-state index is 12.8. The van der Waals surface area contributed by atoms with Crippen molar-refractivity contribution in [2.75, 3.05) is 39.5 Å². The van der Waals surface area contributed by atoms with E-state index in [2.05, 4.69) is 30.2 Å². The van der Waals surface area contributed by atoms with Gasteiger partial charge < -0.3 is 24.7 Å². The SMILES string of the molecule is CN(C)CCCN(C)C(=O)c1cc2cc(Nc3nccc(-c4cn(C)cn4)n3)cc(Cl)c2[nH]1. The summed E-state index contributed by atoms with van der Waals surface area (Å²) in [5, 5.41) is 4.53. The van der Waals surface area contributed by atoms with Gasteiger partial charge in [0.25, 0.3) is 5.91 Å². The predicted molar refractivity (Wildman–Crippen MR) is 131 cm³/mol. The maximum atomic E-state index is 12.8. The first-order valence-corrected chi connectivity index (χ1v) is 11.0. The van der Waals surface area contributed by atoms with Gasteiger partial charge in [0.05, 0.1) is 22.6 Å². The summed E-state index contributed by atoms with van der Waals surface area (Å²) >= 11 is 6.52. The van der Waals surface area contributed by atoms with Crippen molar-refractivity contribution < 1.29 is 4.79 Å². The van der Waals surface area contributed by atoms with E-state index in [1.807, 2.05) is 57.2 Å². The number of halogens is 1. The highest BCUT2D eigenvalue weighted by atomic mass is 35.5. The van der Waals surface area contributed by atoms with Crippen molar-refractivity contribution in [1.29, 1.82) is 0 Å². The summed E-state index contributed by atoms with van der Waals surface area (Å²) in [4.78, 5) is 33.0. The molecular formula is C23H27ClN8O. The minimum atomic E-state index is -0.0677. The van der Waals surface area contributed by atoms with Gasteiger partial charge in [-0.1, -0.05) is 11.6 Å². The van der Waals surface area contributed by atoms with Crippen molar-refractivity contribution in [2.24, 2.45) is 7.05 Å². The number of rotatable bonds is 8. The molecule has 172 valence electrons. The molecule has 33 heavy (non-hydrogen) atoms. The second-order valence-corrected chi connectivity index (χ2v) is 8.71. The number of nitrogens with zero attached hydrogens (tertiary/aromatic N) is 6. The molecule has 1 amide bonds. The van der Waals surface area contributed by atoms with Crippen LogP contribution in [0.3, 0.4) is 0 Å². The minimum absolute atomic E-state index is 0.0677. The van der Waals surface area contributed by atoms with E-state index in [0.29, 0.717) is 28.9 Å². The fraction of sp³-hybridized carbons (Fsp3) is 0.304. The molecule has 3 aromatic heterocycles. The molecule has 0 aliphatic heterocycles. The number of benzene rings is 1. The van der Waals surface area contributed by atoms with Crippen LogP contribution in [0.25, 0.3) is 22.3 Å². The van der Waals surface area contributed by atoms with E-state index in [0.717, 1.165) is 35.2 Å². The zero-order valence-electron chi connectivity index (χ0n) is 19.1. The molecule has 4 rings (SSSR count). The van der Waals surface area contributed by atoms with E-state index >= 15 is 0 Å².